The minimum absolute atomic E-state index is 0.0176. The van der Waals surface area contributed by atoms with Crippen molar-refractivity contribution in [2.24, 2.45) is 11.7 Å². The molecule has 3 N–H and O–H groups in total. The highest BCUT2D eigenvalue weighted by atomic mass is 19.3. The molecule has 7 nitrogen and oxygen atoms in total. The van der Waals surface area contributed by atoms with Gasteiger partial charge < -0.3 is 25.7 Å². The quantitative estimate of drug-likeness (QED) is 0.713. The Morgan fingerprint density at radius 3 is 2.64 bits per heavy atom. The van der Waals surface area contributed by atoms with Crippen molar-refractivity contribution in [3.63, 3.8) is 0 Å². The lowest BCUT2D eigenvalue weighted by molar-refractivity contribution is -0.242. The zero-order chi connectivity index (χ0) is 20.9. The van der Waals surface area contributed by atoms with E-state index in [2.05, 4.69) is 9.97 Å². The Labute approximate surface area is 162 Å². The lowest BCUT2D eigenvalue weighted by Gasteiger charge is -2.26. The van der Waals surface area contributed by atoms with E-state index in [0.29, 0.717) is 23.5 Å². The lowest BCUT2D eigenvalue weighted by Crippen LogP contribution is -2.43. The largest absolute Gasteiger partial charge is 0.530 e. The van der Waals surface area contributed by atoms with Crippen molar-refractivity contribution < 1.29 is 23.4 Å². The van der Waals surface area contributed by atoms with Crippen LogP contribution in [0.2, 0.25) is 0 Å². The second kappa shape index (κ2) is 8.92. The fraction of sp³-hybridized carbons (Fsp3) is 0.421. The highest BCUT2D eigenvalue weighted by molar-refractivity contribution is 5.81. The third-order valence-electron chi connectivity index (χ3n) is 3.85. The summed E-state index contributed by atoms with van der Waals surface area (Å²) in [5.74, 6) is 0.171. The molecule has 0 aromatic carbocycles. The number of hydrogen-bond donors (Lipinski definition) is 2. The summed E-state index contributed by atoms with van der Waals surface area (Å²) in [6.45, 7) is 5.88. The van der Waals surface area contributed by atoms with Gasteiger partial charge >= 0.3 is 0 Å². The van der Waals surface area contributed by atoms with Crippen LogP contribution in [-0.2, 0) is 0 Å². The molecule has 0 bridgehead atoms. The van der Waals surface area contributed by atoms with E-state index in [9.17, 15) is 18.7 Å². The van der Waals surface area contributed by atoms with E-state index in [1.807, 2.05) is 19.2 Å². The van der Waals surface area contributed by atoms with Crippen molar-refractivity contribution in [1.29, 1.82) is 0 Å². The summed E-state index contributed by atoms with van der Waals surface area (Å²) in [4.78, 5) is 18.5. The van der Waals surface area contributed by atoms with Gasteiger partial charge in [-0.05, 0) is 43.0 Å². The molecule has 0 saturated carbocycles. The summed E-state index contributed by atoms with van der Waals surface area (Å²) in [5.41, 5.74) is 5.94. The summed E-state index contributed by atoms with van der Waals surface area (Å²) < 4.78 is 32.6. The minimum atomic E-state index is -2.81. The van der Waals surface area contributed by atoms with Gasteiger partial charge in [-0.2, -0.15) is 0 Å². The summed E-state index contributed by atoms with van der Waals surface area (Å²) in [5, 5.41) is 12.6. The van der Waals surface area contributed by atoms with Crippen LogP contribution in [0.25, 0.3) is 11.1 Å². The third-order valence-corrected chi connectivity index (χ3v) is 3.85. The van der Waals surface area contributed by atoms with Crippen LogP contribution in [0, 0.1) is 5.92 Å². The molecule has 152 valence electrons. The smallest absolute Gasteiger partial charge is 0.269 e. The van der Waals surface area contributed by atoms with Gasteiger partial charge in [0.05, 0.1) is 5.56 Å². The monoisotopic (exact) mass is 393 g/mol. The summed E-state index contributed by atoms with van der Waals surface area (Å²) in [7, 11) is 0. The maximum atomic E-state index is 13.5. The van der Waals surface area contributed by atoms with Gasteiger partial charge in [0.15, 0.2) is 0 Å². The van der Waals surface area contributed by atoms with Crippen LogP contribution in [0.1, 0.15) is 39.2 Å². The molecule has 0 fully saturated rings. The molecule has 0 saturated heterocycles. The van der Waals surface area contributed by atoms with Gasteiger partial charge in [-0.3, -0.25) is 0 Å². The first-order valence-electron chi connectivity index (χ1n) is 8.71. The first-order valence-corrected chi connectivity index (χ1v) is 8.71. The number of nitrogens with zero attached hydrogens (tertiary/aromatic N) is 2. The molecule has 2 heterocycles. The van der Waals surface area contributed by atoms with E-state index in [1.165, 1.54) is 24.5 Å². The number of carboxylic acid groups (broad SMARTS) is 1. The van der Waals surface area contributed by atoms with Crippen LogP contribution in [0.15, 0.2) is 30.6 Å². The molecule has 1 atom stereocenters. The lowest BCUT2D eigenvalue weighted by atomic mass is 9.93. The Morgan fingerprint density at radius 1 is 1.32 bits per heavy atom. The zero-order valence-electron chi connectivity index (χ0n) is 15.9. The van der Waals surface area contributed by atoms with E-state index in [1.54, 1.807) is 13.0 Å². The molecule has 9 heteroatoms. The predicted molar refractivity (Wildman–Crippen MR) is 99.0 cm³/mol. The van der Waals surface area contributed by atoms with Crippen LogP contribution in [-0.4, -0.2) is 28.2 Å². The zero-order valence-corrected chi connectivity index (χ0v) is 15.9. The molecule has 2 aromatic rings. The maximum Gasteiger partial charge on any atom is 0.269 e. The number of aromatic nitrogens is 2. The molecule has 0 aliphatic heterocycles. The second-order valence-electron chi connectivity index (χ2n) is 7.30. The standard InChI is InChI=1S/C19H24F2N4O3/c1-11(2)8-19(3,22)10-28-17-14(16(20)21)6-13(9-24-17)12-4-5-23-15(7-12)25-18(26)27/h4-7,9,11,16H,8,10,22H2,1-3H3,(H,23,25)(H,26,27)/p-1. The number of nitrogens with two attached hydrogens (primary N) is 1. The molecular weight excluding hydrogens is 370 g/mol. The van der Waals surface area contributed by atoms with E-state index in [0.717, 1.165) is 0 Å². The number of halogens is 2. The number of nitrogens with one attached hydrogen (secondary N) is 1. The fourth-order valence-electron chi connectivity index (χ4n) is 2.91. The van der Waals surface area contributed by atoms with Crippen molar-refractivity contribution >= 4 is 11.9 Å². The Hall–Kier alpha value is -2.81. The first-order chi connectivity index (χ1) is 13.1. The Kier molecular flexibility index (Phi) is 6.85. The average molecular weight is 393 g/mol. The number of anilines is 1. The summed E-state index contributed by atoms with van der Waals surface area (Å²) >= 11 is 0. The van der Waals surface area contributed by atoms with Gasteiger partial charge in [0.1, 0.15) is 18.5 Å². The van der Waals surface area contributed by atoms with Crippen LogP contribution < -0.4 is 20.9 Å². The average Bonchev–Trinajstić information content (AvgIpc) is 2.58. The van der Waals surface area contributed by atoms with Gasteiger partial charge in [0, 0.05) is 23.5 Å². The third kappa shape index (κ3) is 6.12. The maximum absolute atomic E-state index is 13.5. The van der Waals surface area contributed by atoms with Crippen molar-refractivity contribution in [3.05, 3.63) is 36.2 Å². The highest BCUT2D eigenvalue weighted by Gasteiger charge is 2.24. The summed E-state index contributed by atoms with van der Waals surface area (Å²) in [6.07, 6.45) is -0.945. The van der Waals surface area contributed by atoms with Crippen molar-refractivity contribution in [3.8, 4) is 17.0 Å². The first kappa shape index (κ1) is 21.5. The second-order valence-corrected chi connectivity index (χ2v) is 7.30. The number of pyridine rings is 2. The SMILES string of the molecule is CC(C)CC(C)(N)COc1ncc(-c2ccnc(NC(=O)[O-])c2)cc1C(F)F. The molecule has 1 unspecified atom stereocenters. The Bertz CT molecular complexity index is 829. The number of alkyl halides is 2. The molecule has 2 aromatic heterocycles. The summed E-state index contributed by atoms with van der Waals surface area (Å²) in [6, 6.07) is 4.19. The molecule has 2 rings (SSSR count). The van der Waals surface area contributed by atoms with Crippen LogP contribution in [0.5, 0.6) is 5.88 Å². The molecular formula is C19H23F2N4O3-. The van der Waals surface area contributed by atoms with Crippen LogP contribution >= 0.6 is 0 Å². The van der Waals surface area contributed by atoms with Gasteiger partial charge in [-0.1, -0.05) is 13.8 Å². The van der Waals surface area contributed by atoms with Crippen molar-refractivity contribution in [1.82, 2.24) is 9.97 Å². The molecule has 0 spiro atoms. The van der Waals surface area contributed by atoms with E-state index < -0.39 is 18.1 Å². The van der Waals surface area contributed by atoms with Crippen LogP contribution in [0.4, 0.5) is 19.4 Å². The van der Waals surface area contributed by atoms with Gasteiger partial charge in [0.2, 0.25) is 5.88 Å². The van der Waals surface area contributed by atoms with E-state index >= 15 is 0 Å². The number of ether oxygens (including phenoxy) is 1. The number of carbonyl (C=O) groups excluding carboxylic acids is 1. The Balaban J connectivity index is 2.27. The Morgan fingerprint density at radius 2 is 2.04 bits per heavy atom. The molecule has 0 aliphatic rings. The predicted octanol–water partition coefficient (Wildman–Crippen LogP) is 2.98. The van der Waals surface area contributed by atoms with Gasteiger partial charge in [0.25, 0.3) is 6.43 Å². The number of rotatable bonds is 8. The molecule has 0 aliphatic carbocycles. The van der Waals surface area contributed by atoms with Crippen molar-refractivity contribution in [2.75, 3.05) is 11.9 Å². The fourth-order valence-corrected chi connectivity index (χ4v) is 2.91. The van der Waals surface area contributed by atoms with Gasteiger partial charge in [-0.15, -0.1) is 0 Å². The molecule has 28 heavy (non-hydrogen) atoms. The van der Waals surface area contributed by atoms with Crippen LogP contribution in [0.3, 0.4) is 0 Å². The highest BCUT2D eigenvalue weighted by Crippen LogP contribution is 2.32. The molecule has 1 amide bonds. The van der Waals surface area contributed by atoms with Gasteiger partial charge in [-0.25, -0.2) is 18.7 Å². The number of carbonyl (C=O) groups is 1. The topological polar surface area (TPSA) is 113 Å². The molecule has 0 radical (unpaired) electrons. The minimum Gasteiger partial charge on any atom is -0.530 e. The number of hydrogen-bond acceptors (Lipinski definition) is 6. The van der Waals surface area contributed by atoms with E-state index in [-0.39, 0.29) is 23.9 Å². The van der Waals surface area contributed by atoms with E-state index in [4.69, 9.17) is 10.5 Å². The number of amides is 1. The van der Waals surface area contributed by atoms with Crippen molar-refractivity contribution in [2.45, 2.75) is 39.2 Å². The normalized spacial score (nSPS) is 13.4.